The summed E-state index contributed by atoms with van der Waals surface area (Å²) in [6, 6.07) is 7.36. The zero-order valence-electron chi connectivity index (χ0n) is 9.62. The maximum absolute atomic E-state index is 11.7. The van der Waals surface area contributed by atoms with Crippen LogP contribution in [0.4, 0.5) is 0 Å². The van der Waals surface area contributed by atoms with E-state index >= 15 is 0 Å². The molecule has 1 aliphatic heterocycles. The van der Waals surface area contributed by atoms with Crippen molar-refractivity contribution in [2.45, 2.75) is 19.3 Å². The highest BCUT2D eigenvalue weighted by molar-refractivity contribution is 9.10. The Kier molecular flexibility index (Phi) is 4.57. The summed E-state index contributed by atoms with van der Waals surface area (Å²) >= 11 is 3.35. The molecule has 1 N–H and O–H groups in total. The summed E-state index contributed by atoms with van der Waals surface area (Å²) < 4.78 is 6.22. The lowest BCUT2D eigenvalue weighted by Crippen LogP contribution is -2.31. The van der Waals surface area contributed by atoms with Crippen LogP contribution in [-0.4, -0.2) is 19.1 Å². The van der Waals surface area contributed by atoms with Crippen LogP contribution < -0.4 is 10.1 Å². The van der Waals surface area contributed by atoms with E-state index in [1.54, 1.807) is 12.1 Å². The van der Waals surface area contributed by atoms with Gasteiger partial charge >= 0.3 is 5.97 Å². The molecular formula is C13H16BrNO2. The fraction of sp³-hybridized carbons (Fsp3) is 0.462. The molecule has 1 unspecified atom stereocenters. The Morgan fingerprint density at radius 1 is 1.53 bits per heavy atom. The van der Waals surface area contributed by atoms with E-state index in [1.807, 2.05) is 12.1 Å². The molecule has 1 saturated heterocycles. The summed E-state index contributed by atoms with van der Waals surface area (Å²) in [4.78, 5) is 11.7. The van der Waals surface area contributed by atoms with Gasteiger partial charge in [0.1, 0.15) is 5.75 Å². The molecule has 1 aromatic rings. The van der Waals surface area contributed by atoms with E-state index in [9.17, 15) is 4.79 Å². The van der Waals surface area contributed by atoms with Crippen LogP contribution in [0, 0.1) is 5.92 Å². The molecule has 3 nitrogen and oxygen atoms in total. The van der Waals surface area contributed by atoms with Crippen LogP contribution in [0.2, 0.25) is 0 Å². The number of hydrogen-bond acceptors (Lipinski definition) is 3. The maximum Gasteiger partial charge on any atom is 0.311 e. The van der Waals surface area contributed by atoms with Gasteiger partial charge in [0.2, 0.25) is 0 Å². The van der Waals surface area contributed by atoms with Crippen molar-refractivity contribution in [1.82, 2.24) is 5.32 Å². The quantitative estimate of drug-likeness (QED) is 0.689. The second-order valence-electron chi connectivity index (χ2n) is 4.35. The van der Waals surface area contributed by atoms with Gasteiger partial charge < -0.3 is 10.1 Å². The standard InChI is InChI=1S/C13H16BrNO2/c14-11-4-1-5-12(8-11)17-13(16)7-10-3-2-6-15-9-10/h1,4-5,8,10,15H,2-3,6-7,9H2. The predicted octanol–water partition coefficient (Wildman–Crippen LogP) is 2.74. The number of rotatable bonds is 3. The van der Waals surface area contributed by atoms with Crippen LogP contribution in [0.15, 0.2) is 28.7 Å². The van der Waals surface area contributed by atoms with Crippen molar-refractivity contribution in [3.8, 4) is 5.75 Å². The SMILES string of the molecule is O=C(CC1CCCNC1)Oc1cccc(Br)c1. The highest BCUT2D eigenvalue weighted by atomic mass is 79.9. The molecule has 0 spiro atoms. The van der Waals surface area contributed by atoms with Crippen molar-refractivity contribution >= 4 is 21.9 Å². The first-order chi connectivity index (χ1) is 8.24. The van der Waals surface area contributed by atoms with Crippen molar-refractivity contribution < 1.29 is 9.53 Å². The topological polar surface area (TPSA) is 38.3 Å². The molecule has 0 aromatic heterocycles. The molecular weight excluding hydrogens is 282 g/mol. The van der Waals surface area contributed by atoms with Crippen LogP contribution in [0.3, 0.4) is 0 Å². The summed E-state index contributed by atoms with van der Waals surface area (Å²) in [5, 5.41) is 3.30. The normalized spacial score (nSPS) is 19.9. The highest BCUT2D eigenvalue weighted by Gasteiger charge is 2.17. The number of carbonyl (C=O) groups is 1. The van der Waals surface area contributed by atoms with Crippen molar-refractivity contribution in [1.29, 1.82) is 0 Å². The Morgan fingerprint density at radius 3 is 3.12 bits per heavy atom. The second kappa shape index (κ2) is 6.17. The van der Waals surface area contributed by atoms with Gasteiger partial charge in [0.25, 0.3) is 0 Å². The van der Waals surface area contributed by atoms with Gasteiger partial charge in [-0.1, -0.05) is 22.0 Å². The average molecular weight is 298 g/mol. The summed E-state index contributed by atoms with van der Waals surface area (Å²) in [6.07, 6.45) is 2.76. The summed E-state index contributed by atoms with van der Waals surface area (Å²) in [5.41, 5.74) is 0. The molecule has 1 heterocycles. The number of carbonyl (C=O) groups excluding carboxylic acids is 1. The minimum absolute atomic E-state index is 0.142. The molecule has 0 saturated carbocycles. The Morgan fingerprint density at radius 2 is 2.41 bits per heavy atom. The third-order valence-electron chi connectivity index (χ3n) is 2.88. The first-order valence-electron chi connectivity index (χ1n) is 5.91. The van der Waals surface area contributed by atoms with E-state index < -0.39 is 0 Å². The lowest BCUT2D eigenvalue weighted by atomic mass is 9.96. The summed E-state index contributed by atoms with van der Waals surface area (Å²) in [7, 11) is 0. The first-order valence-corrected chi connectivity index (χ1v) is 6.70. The molecule has 0 aliphatic carbocycles. The summed E-state index contributed by atoms with van der Waals surface area (Å²) in [6.45, 7) is 1.99. The van der Waals surface area contributed by atoms with E-state index in [2.05, 4.69) is 21.2 Å². The van der Waals surface area contributed by atoms with E-state index in [4.69, 9.17) is 4.74 Å². The minimum Gasteiger partial charge on any atom is -0.426 e. The molecule has 0 bridgehead atoms. The number of ether oxygens (including phenoxy) is 1. The van der Waals surface area contributed by atoms with E-state index in [1.165, 1.54) is 0 Å². The number of halogens is 1. The predicted molar refractivity (Wildman–Crippen MR) is 70.0 cm³/mol. The first kappa shape index (κ1) is 12.6. The largest absolute Gasteiger partial charge is 0.426 e. The van der Waals surface area contributed by atoms with Gasteiger partial charge in [-0.2, -0.15) is 0 Å². The molecule has 1 atom stereocenters. The molecule has 0 amide bonds. The number of hydrogen-bond donors (Lipinski definition) is 1. The molecule has 1 fully saturated rings. The smallest absolute Gasteiger partial charge is 0.311 e. The van der Waals surface area contributed by atoms with Crippen molar-refractivity contribution in [3.63, 3.8) is 0 Å². The number of benzene rings is 1. The van der Waals surface area contributed by atoms with Crippen LogP contribution in [0.25, 0.3) is 0 Å². The van der Waals surface area contributed by atoms with Gasteiger partial charge in [0, 0.05) is 10.9 Å². The van der Waals surface area contributed by atoms with Crippen LogP contribution in [0.5, 0.6) is 5.75 Å². The van der Waals surface area contributed by atoms with Crippen molar-refractivity contribution in [2.24, 2.45) is 5.92 Å². The highest BCUT2D eigenvalue weighted by Crippen LogP contribution is 2.20. The molecule has 1 aromatic carbocycles. The molecule has 0 radical (unpaired) electrons. The van der Waals surface area contributed by atoms with E-state index in [-0.39, 0.29) is 5.97 Å². The van der Waals surface area contributed by atoms with Gasteiger partial charge in [-0.3, -0.25) is 4.79 Å². The van der Waals surface area contributed by atoms with Crippen molar-refractivity contribution in [2.75, 3.05) is 13.1 Å². The molecule has 1 aliphatic rings. The minimum atomic E-state index is -0.142. The van der Waals surface area contributed by atoms with Gasteiger partial charge in [-0.15, -0.1) is 0 Å². The molecule has 4 heteroatoms. The zero-order chi connectivity index (χ0) is 12.1. The van der Waals surface area contributed by atoms with Crippen LogP contribution in [-0.2, 0) is 4.79 Å². The van der Waals surface area contributed by atoms with Gasteiger partial charge in [0.15, 0.2) is 0 Å². The lowest BCUT2D eigenvalue weighted by Gasteiger charge is -2.21. The summed E-state index contributed by atoms with van der Waals surface area (Å²) in [5.74, 6) is 0.883. The Bertz CT molecular complexity index is 389. The van der Waals surface area contributed by atoms with E-state index in [0.29, 0.717) is 18.1 Å². The average Bonchev–Trinajstić information content (AvgIpc) is 2.30. The van der Waals surface area contributed by atoms with Gasteiger partial charge in [0.05, 0.1) is 0 Å². The lowest BCUT2D eigenvalue weighted by molar-refractivity contribution is -0.135. The van der Waals surface area contributed by atoms with Gasteiger partial charge in [-0.05, 0) is 50.0 Å². The van der Waals surface area contributed by atoms with E-state index in [0.717, 1.165) is 30.4 Å². The number of nitrogens with one attached hydrogen (secondary N) is 1. The molecule has 2 rings (SSSR count). The second-order valence-corrected chi connectivity index (χ2v) is 5.26. The Labute approximate surface area is 110 Å². The third-order valence-corrected chi connectivity index (χ3v) is 3.38. The molecule has 17 heavy (non-hydrogen) atoms. The monoisotopic (exact) mass is 297 g/mol. The van der Waals surface area contributed by atoms with Gasteiger partial charge in [-0.25, -0.2) is 0 Å². The molecule has 92 valence electrons. The number of esters is 1. The van der Waals surface area contributed by atoms with Crippen molar-refractivity contribution in [3.05, 3.63) is 28.7 Å². The zero-order valence-corrected chi connectivity index (χ0v) is 11.2. The Balaban J connectivity index is 1.84. The fourth-order valence-corrected chi connectivity index (χ4v) is 2.42. The van der Waals surface area contributed by atoms with Crippen LogP contribution in [0.1, 0.15) is 19.3 Å². The Hall–Kier alpha value is -0.870. The fourth-order valence-electron chi connectivity index (χ4n) is 2.04. The third kappa shape index (κ3) is 4.13. The van der Waals surface area contributed by atoms with Crippen LogP contribution >= 0.6 is 15.9 Å². The maximum atomic E-state index is 11.7. The number of piperidine rings is 1.